The summed E-state index contributed by atoms with van der Waals surface area (Å²) in [4.78, 5) is 0.226. The van der Waals surface area contributed by atoms with Crippen LogP contribution in [0.5, 0.6) is 5.75 Å². The number of rotatable bonds is 5. The first-order valence-corrected chi connectivity index (χ1v) is 6.77. The van der Waals surface area contributed by atoms with E-state index in [2.05, 4.69) is 0 Å². The Morgan fingerprint density at radius 2 is 1.94 bits per heavy atom. The minimum Gasteiger partial charge on any atom is -0.490 e. The number of benzene rings is 1. The van der Waals surface area contributed by atoms with Gasteiger partial charge in [0.2, 0.25) is 0 Å². The first kappa shape index (κ1) is 13.0. The molecule has 0 unspecified atom stereocenters. The van der Waals surface area contributed by atoms with Crippen LogP contribution in [0.4, 0.5) is 0 Å². The molecule has 16 heavy (non-hydrogen) atoms. The maximum absolute atomic E-state index is 11.5. The van der Waals surface area contributed by atoms with E-state index >= 15 is 0 Å². The van der Waals surface area contributed by atoms with Crippen LogP contribution in [-0.2, 0) is 14.6 Å². The summed E-state index contributed by atoms with van der Waals surface area (Å²) in [6, 6.07) is 5.07. The predicted octanol–water partition coefficient (Wildman–Crippen LogP) is 1.42. The zero-order chi connectivity index (χ0) is 12.2. The van der Waals surface area contributed by atoms with Gasteiger partial charge >= 0.3 is 0 Å². The fourth-order valence-corrected chi connectivity index (χ4v) is 2.21. The first-order chi connectivity index (χ1) is 7.46. The van der Waals surface area contributed by atoms with E-state index in [4.69, 9.17) is 9.47 Å². The molecule has 5 heteroatoms. The van der Waals surface area contributed by atoms with Gasteiger partial charge in [-0.3, -0.25) is 0 Å². The van der Waals surface area contributed by atoms with Crippen molar-refractivity contribution in [1.29, 1.82) is 0 Å². The number of ether oxygens (including phenoxy) is 2. The van der Waals surface area contributed by atoms with E-state index in [-0.39, 0.29) is 4.90 Å². The third-order valence-corrected chi connectivity index (χ3v) is 3.23. The summed E-state index contributed by atoms with van der Waals surface area (Å²) >= 11 is 0. The molecule has 90 valence electrons. The molecule has 1 rings (SSSR count). The lowest BCUT2D eigenvalue weighted by molar-refractivity contribution is 0.144. The van der Waals surface area contributed by atoms with Gasteiger partial charge in [-0.25, -0.2) is 8.42 Å². The molecule has 0 aromatic heterocycles. The highest BCUT2D eigenvalue weighted by Gasteiger charge is 2.15. The lowest BCUT2D eigenvalue weighted by Gasteiger charge is -2.12. The van der Waals surface area contributed by atoms with Crippen LogP contribution in [0, 0.1) is 6.92 Å². The fraction of sp³-hybridized carbons (Fsp3) is 0.455. The largest absolute Gasteiger partial charge is 0.490 e. The number of hydrogen-bond donors (Lipinski definition) is 0. The molecule has 1 aromatic carbocycles. The van der Waals surface area contributed by atoms with Crippen LogP contribution in [0.3, 0.4) is 0 Å². The van der Waals surface area contributed by atoms with E-state index in [0.717, 1.165) is 5.56 Å². The fourth-order valence-electron chi connectivity index (χ4n) is 1.33. The van der Waals surface area contributed by atoms with Gasteiger partial charge < -0.3 is 9.47 Å². The smallest absolute Gasteiger partial charge is 0.179 e. The molecule has 1 aromatic rings. The average Bonchev–Trinajstić information content (AvgIpc) is 2.19. The Morgan fingerprint density at radius 3 is 2.50 bits per heavy atom. The summed E-state index contributed by atoms with van der Waals surface area (Å²) in [6.45, 7) is 2.58. The Balaban J connectivity index is 3.05. The number of methoxy groups -OCH3 is 1. The third kappa shape index (κ3) is 3.21. The van der Waals surface area contributed by atoms with Crippen LogP contribution in [0.2, 0.25) is 0 Å². The Bertz CT molecular complexity index is 451. The van der Waals surface area contributed by atoms with E-state index in [1.165, 1.54) is 6.26 Å². The van der Waals surface area contributed by atoms with Crippen molar-refractivity contribution >= 4 is 9.84 Å². The van der Waals surface area contributed by atoms with E-state index in [1.807, 2.05) is 13.0 Å². The van der Waals surface area contributed by atoms with Crippen molar-refractivity contribution in [2.45, 2.75) is 11.8 Å². The second kappa shape index (κ2) is 5.32. The van der Waals surface area contributed by atoms with Gasteiger partial charge in [-0.05, 0) is 18.6 Å². The van der Waals surface area contributed by atoms with Gasteiger partial charge in [-0.1, -0.05) is 12.1 Å². The van der Waals surface area contributed by atoms with Gasteiger partial charge in [0.1, 0.15) is 17.3 Å². The summed E-state index contributed by atoms with van der Waals surface area (Å²) in [5, 5.41) is 0. The SMILES string of the molecule is COCCOc1c(C)cccc1S(C)(=O)=O. The molecule has 0 aliphatic carbocycles. The van der Waals surface area contributed by atoms with Crippen molar-refractivity contribution in [1.82, 2.24) is 0 Å². The van der Waals surface area contributed by atoms with Gasteiger partial charge in [0.25, 0.3) is 0 Å². The van der Waals surface area contributed by atoms with Gasteiger partial charge in [0, 0.05) is 13.4 Å². The topological polar surface area (TPSA) is 52.6 Å². The zero-order valence-electron chi connectivity index (χ0n) is 9.69. The Kier molecular flexibility index (Phi) is 4.32. The minimum absolute atomic E-state index is 0.226. The second-order valence-electron chi connectivity index (χ2n) is 3.52. The van der Waals surface area contributed by atoms with Crippen LogP contribution in [0.25, 0.3) is 0 Å². The summed E-state index contributed by atoms with van der Waals surface area (Å²) in [7, 11) is -1.69. The highest BCUT2D eigenvalue weighted by molar-refractivity contribution is 7.90. The van der Waals surface area contributed by atoms with Crippen LogP contribution in [0.1, 0.15) is 5.56 Å². The van der Waals surface area contributed by atoms with Crippen LogP contribution < -0.4 is 4.74 Å². The van der Waals surface area contributed by atoms with Crippen molar-refractivity contribution in [2.75, 3.05) is 26.6 Å². The molecule has 0 bridgehead atoms. The van der Waals surface area contributed by atoms with Crippen LogP contribution >= 0.6 is 0 Å². The second-order valence-corrected chi connectivity index (χ2v) is 5.50. The molecule has 0 spiro atoms. The van der Waals surface area contributed by atoms with E-state index < -0.39 is 9.84 Å². The zero-order valence-corrected chi connectivity index (χ0v) is 10.5. The van der Waals surface area contributed by atoms with Crippen LogP contribution in [0.15, 0.2) is 23.1 Å². The Morgan fingerprint density at radius 1 is 1.25 bits per heavy atom. The van der Waals surface area contributed by atoms with E-state index in [9.17, 15) is 8.42 Å². The number of para-hydroxylation sites is 1. The minimum atomic E-state index is -3.26. The first-order valence-electron chi connectivity index (χ1n) is 4.88. The van der Waals surface area contributed by atoms with Crippen molar-refractivity contribution in [3.05, 3.63) is 23.8 Å². The molecule has 0 N–H and O–H groups in total. The van der Waals surface area contributed by atoms with Gasteiger partial charge in [-0.15, -0.1) is 0 Å². The number of hydrogen-bond acceptors (Lipinski definition) is 4. The van der Waals surface area contributed by atoms with E-state index in [1.54, 1.807) is 19.2 Å². The van der Waals surface area contributed by atoms with Crippen molar-refractivity contribution < 1.29 is 17.9 Å². The highest BCUT2D eigenvalue weighted by atomic mass is 32.2. The van der Waals surface area contributed by atoms with Crippen LogP contribution in [-0.4, -0.2) is 35.0 Å². The van der Waals surface area contributed by atoms with Gasteiger partial charge in [0.05, 0.1) is 6.61 Å². The molecule has 4 nitrogen and oxygen atoms in total. The molecule has 0 fully saturated rings. The summed E-state index contributed by atoms with van der Waals surface area (Å²) in [5.41, 5.74) is 0.805. The normalized spacial score (nSPS) is 11.4. The molecule has 0 atom stereocenters. The standard InChI is InChI=1S/C11H16O4S/c1-9-5-4-6-10(16(3,12)13)11(9)15-8-7-14-2/h4-6H,7-8H2,1-3H3. The molecule has 0 aliphatic rings. The lowest BCUT2D eigenvalue weighted by Crippen LogP contribution is -2.09. The summed E-state index contributed by atoms with van der Waals surface area (Å²) < 4.78 is 33.3. The molecular weight excluding hydrogens is 228 g/mol. The molecule has 0 saturated carbocycles. The van der Waals surface area contributed by atoms with Gasteiger partial charge in [-0.2, -0.15) is 0 Å². The monoisotopic (exact) mass is 244 g/mol. The number of sulfone groups is 1. The maximum Gasteiger partial charge on any atom is 0.179 e. The Labute approximate surface area is 96.1 Å². The van der Waals surface area contributed by atoms with E-state index in [0.29, 0.717) is 19.0 Å². The lowest BCUT2D eigenvalue weighted by atomic mass is 10.2. The molecule has 0 heterocycles. The van der Waals surface area contributed by atoms with Crippen molar-refractivity contribution in [3.63, 3.8) is 0 Å². The third-order valence-electron chi connectivity index (χ3n) is 2.11. The molecule has 0 saturated heterocycles. The average molecular weight is 244 g/mol. The molecule has 0 amide bonds. The highest BCUT2D eigenvalue weighted by Crippen LogP contribution is 2.27. The van der Waals surface area contributed by atoms with Crippen molar-refractivity contribution in [3.8, 4) is 5.75 Å². The molecular formula is C11H16O4S. The van der Waals surface area contributed by atoms with Crippen molar-refractivity contribution in [2.24, 2.45) is 0 Å². The molecule has 0 aliphatic heterocycles. The summed E-state index contributed by atoms with van der Waals surface area (Å²) in [5.74, 6) is 0.419. The number of aryl methyl sites for hydroxylation is 1. The molecule has 0 radical (unpaired) electrons. The maximum atomic E-state index is 11.5. The predicted molar refractivity (Wildman–Crippen MR) is 61.7 cm³/mol. The quantitative estimate of drug-likeness (QED) is 0.735. The summed E-state index contributed by atoms with van der Waals surface area (Å²) in [6.07, 6.45) is 1.17. The Hall–Kier alpha value is -1.07. The van der Waals surface area contributed by atoms with Gasteiger partial charge in [0.15, 0.2) is 9.84 Å².